The Morgan fingerprint density at radius 3 is 2.51 bits per heavy atom. The van der Waals surface area contributed by atoms with E-state index in [0.29, 0.717) is 36.0 Å². The van der Waals surface area contributed by atoms with Crippen LogP contribution in [0.4, 0.5) is 4.79 Å². The lowest BCUT2D eigenvalue weighted by molar-refractivity contribution is -0.143. The Kier molecular flexibility index (Phi) is 8.85. The van der Waals surface area contributed by atoms with Crippen LogP contribution in [0.2, 0.25) is 0 Å². The average Bonchev–Trinajstić information content (AvgIpc) is 3.56. The van der Waals surface area contributed by atoms with Crippen LogP contribution in [-0.4, -0.2) is 47.3 Å². The van der Waals surface area contributed by atoms with Crippen molar-refractivity contribution in [3.8, 4) is 0 Å². The zero-order chi connectivity index (χ0) is 29.1. The molecule has 0 unspecified atom stereocenters. The molecule has 8 heteroatoms. The van der Waals surface area contributed by atoms with E-state index in [-0.39, 0.29) is 37.9 Å². The highest BCUT2D eigenvalue weighted by Crippen LogP contribution is 2.52. The molecule has 3 aliphatic rings. The second-order valence-electron chi connectivity index (χ2n) is 13.4. The van der Waals surface area contributed by atoms with Crippen molar-refractivity contribution in [1.29, 1.82) is 0 Å². The zero-order valence-corrected chi connectivity index (χ0v) is 24.9. The number of amides is 2. The van der Waals surface area contributed by atoms with E-state index in [2.05, 4.69) is 25.9 Å². The minimum atomic E-state index is -0.625. The Morgan fingerprint density at radius 2 is 1.85 bits per heavy atom. The van der Waals surface area contributed by atoms with E-state index in [0.717, 1.165) is 42.7 Å². The third-order valence-corrected chi connectivity index (χ3v) is 8.63. The van der Waals surface area contributed by atoms with E-state index in [1.54, 1.807) is 6.92 Å². The maximum atomic E-state index is 14.0. The fourth-order valence-corrected chi connectivity index (χ4v) is 6.61. The third kappa shape index (κ3) is 7.19. The molecule has 1 aliphatic heterocycles. The standard InChI is InChI=1S/C33H44N2O6/c1-5-39-28(36)14-13-24(31(37)35-26(20-40-32(35)38)17-21-9-7-6-8-10-21)18-27-29(23-11-12-23)30(41-34-27)25-15-22(16-25)19-33(2,3)4/h6-10,22-26H,5,11-20H2,1-4H3/t22-,24-,25+,26-/m0/s1. The Hall–Kier alpha value is -3.16. The van der Waals surface area contributed by atoms with Gasteiger partial charge in [0.2, 0.25) is 5.91 Å². The average molecular weight is 565 g/mol. The fourth-order valence-electron chi connectivity index (χ4n) is 6.61. The van der Waals surface area contributed by atoms with E-state index >= 15 is 0 Å². The summed E-state index contributed by atoms with van der Waals surface area (Å²) >= 11 is 0. The van der Waals surface area contributed by atoms with E-state index in [1.165, 1.54) is 16.9 Å². The Bertz CT molecular complexity index is 1220. The Labute approximate surface area is 243 Å². The second-order valence-corrected chi connectivity index (χ2v) is 13.4. The number of hydrogen-bond acceptors (Lipinski definition) is 7. The van der Waals surface area contributed by atoms with E-state index in [4.69, 9.17) is 14.0 Å². The quantitative estimate of drug-likeness (QED) is 0.269. The largest absolute Gasteiger partial charge is 0.466 e. The van der Waals surface area contributed by atoms with E-state index in [1.807, 2.05) is 30.3 Å². The summed E-state index contributed by atoms with van der Waals surface area (Å²) in [6, 6.07) is 9.39. The summed E-state index contributed by atoms with van der Waals surface area (Å²) < 4.78 is 16.5. The van der Waals surface area contributed by atoms with Crippen molar-refractivity contribution in [2.45, 2.75) is 103 Å². The van der Waals surface area contributed by atoms with Crippen LogP contribution in [0.15, 0.2) is 34.9 Å². The molecule has 0 bridgehead atoms. The van der Waals surface area contributed by atoms with Crippen molar-refractivity contribution in [2.75, 3.05) is 13.2 Å². The molecule has 2 saturated carbocycles. The van der Waals surface area contributed by atoms with Gasteiger partial charge in [-0.2, -0.15) is 0 Å². The predicted octanol–water partition coefficient (Wildman–Crippen LogP) is 6.57. The lowest BCUT2D eigenvalue weighted by Crippen LogP contribution is -2.44. The van der Waals surface area contributed by atoms with Crippen molar-refractivity contribution in [3.05, 3.63) is 52.9 Å². The van der Waals surface area contributed by atoms with Crippen LogP contribution in [0.3, 0.4) is 0 Å². The monoisotopic (exact) mass is 564 g/mol. The molecular formula is C33H44N2O6. The second kappa shape index (κ2) is 12.4. The molecule has 222 valence electrons. The number of ether oxygens (including phenoxy) is 2. The van der Waals surface area contributed by atoms with Gasteiger partial charge >= 0.3 is 12.1 Å². The molecule has 2 heterocycles. The maximum absolute atomic E-state index is 14.0. The van der Waals surface area contributed by atoms with Crippen LogP contribution in [0.5, 0.6) is 0 Å². The van der Waals surface area contributed by atoms with Crippen LogP contribution in [0.25, 0.3) is 0 Å². The molecule has 0 spiro atoms. The first kappa shape index (κ1) is 29.3. The molecule has 2 aliphatic carbocycles. The maximum Gasteiger partial charge on any atom is 0.416 e. The number of hydrogen-bond donors (Lipinski definition) is 0. The highest BCUT2D eigenvalue weighted by atomic mass is 16.6. The SMILES string of the molecule is CCOC(=O)CC[C@@H](Cc1noc([C@H]2C[C@@H](CC(C)(C)C)C2)c1C1CC1)C(=O)N1C(=O)OC[C@@H]1Cc1ccccc1. The highest BCUT2D eigenvalue weighted by molar-refractivity contribution is 5.95. The number of carbonyl (C=O) groups is 3. The minimum absolute atomic E-state index is 0.0943. The number of benzene rings is 1. The number of rotatable bonds is 12. The normalized spacial score (nSPS) is 23.2. The van der Waals surface area contributed by atoms with Crippen LogP contribution in [0, 0.1) is 17.3 Å². The number of cyclic esters (lactones) is 1. The number of nitrogens with zero attached hydrogens (tertiary/aromatic N) is 2. The van der Waals surface area contributed by atoms with E-state index < -0.39 is 18.1 Å². The smallest absolute Gasteiger partial charge is 0.416 e. The topological polar surface area (TPSA) is 98.9 Å². The van der Waals surface area contributed by atoms with Gasteiger partial charge in [0.1, 0.15) is 12.4 Å². The van der Waals surface area contributed by atoms with Crippen LogP contribution in [-0.2, 0) is 31.9 Å². The molecule has 1 aromatic heterocycles. The summed E-state index contributed by atoms with van der Waals surface area (Å²) in [7, 11) is 0. The van der Waals surface area contributed by atoms with Gasteiger partial charge in [-0.05, 0) is 74.7 Å². The summed E-state index contributed by atoms with van der Waals surface area (Å²) in [5, 5.41) is 4.52. The van der Waals surface area contributed by atoms with E-state index in [9.17, 15) is 14.4 Å². The molecule has 1 saturated heterocycles. The molecule has 5 rings (SSSR count). The summed E-state index contributed by atoms with van der Waals surface area (Å²) in [6.45, 7) is 9.07. The van der Waals surface area contributed by atoms with Gasteiger partial charge in [0.15, 0.2) is 0 Å². The first-order valence-electron chi connectivity index (χ1n) is 15.3. The summed E-state index contributed by atoms with van der Waals surface area (Å²) in [6.07, 6.45) is 6.19. The molecule has 8 nitrogen and oxygen atoms in total. The van der Waals surface area contributed by atoms with Crippen molar-refractivity contribution < 1.29 is 28.4 Å². The summed E-state index contributed by atoms with van der Waals surface area (Å²) in [5.41, 5.74) is 3.31. The van der Waals surface area contributed by atoms with Crippen LogP contribution in [0.1, 0.15) is 107 Å². The molecule has 2 aromatic rings. The van der Waals surface area contributed by atoms with Crippen molar-refractivity contribution in [3.63, 3.8) is 0 Å². The lowest BCUT2D eigenvalue weighted by Gasteiger charge is -2.38. The Morgan fingerprint density at radius 1 is 1.12 bits per heavy atom. The molecule has 3 fully saturated rings. The van der Waals surface area contributed by atoms with Gasteiger partial charge in [-0.3, -0.25) is 9.59 Å². The summed E-state index contributed by atoms with van der Waals surface area (Å²) in [5.74, 6) is 1.19. The van der Waals surface area contributed by atoms with Crippen LogP contribution < -0.4 is 0 Å². The first-order valence-corrected chi connectivity index (χ1v) is 15.3. The van der Waals surface area contributed by atoms with Crippen LogP contribution >= 0.6 is 0 Å². The minimum Gasteiger partial charge on any atom is -0.466 e. The van der Waals surface area contributed by atoms with Gasteiger partial charge in [0.05, 0.1) is 18.3 Å². The van der Waals surface area contributed by atoms with Crippen molar-refractivity contribution in [1.82, 2.24) is 10.1 Å². The molecule has 2 atom stereocenters. The van der Waals surface area contributed by atoms with Gasteiger partial charge < -0.3 is 14.0 Å². The highest BCUT2D eigenvalue weighted by Gasteiger charge is 2.44. The first-order chi connectivity index (χ1) is 19.6. The van der Waals surface area contributed by atoms with Gasteiger partial charge in [-0.1, -0.05) is 56.3 Å². The molecular weight excluding hydrogens is 520 g/mol. The molecule has 0 N–H and O–H groups in total. The number of esters is 1. The zero-order valence-electron chi connectivity index (χ0n) is 24.9. The lowest BCUT2D eigenvalue weighted by atomic mass is 9.67. The number of imide groups is 1. The third-order valence-electron chi connectivity index (χ3n) is 8.63. The molecule has 0 radical (unpaired) electrons. The van der Waals surface area contributed by atoms with Gasteiger partial charge in [0.25, 0.3) is 0 Å². The van der Waals surface area contributed by atoms with Gasteiger partial charge in [-0.15, -0.1) is 0 Å². The van der Waals surface area contributed by atoms with Crippen molar-refractivity contribution >= 4 is 18.0 Å². The molecule has 2 amide bonds. The predicted molar refractivity (Wildman–Crippen MR) is 153 cm³/mol. The van der Waals surface area contributed by atoms with Crippen molar-refractivity contribution in [2.24, 2.45) is 17.3 Å². The summed E-state index contributed by atoms with van der Waals surface area (Å²) in [4.78, 5) is 40.4. The number of aromatic nitrogens is 1. The Balaban J connectivity index is 1.35. The van der Waals surface area contributed by atoms with Gasteiger partial charge in [0, 0.05) is 30.2 Å². The van der Waals surface area contributed by atoms with Gasteiger partial charge in [-0.25, -0.2) is 9.69 Å². The molecule has 41 heavy (non-hydrogen) atoms. The fraction of sp³-hybridized carbons (Fsp3) is 0.636. The number of carbonyl (C=O) groups excluding carboxylic acids is 3. The molecule has 1 aromatic carbocycles.